The van der Waals surface area contributed by atoms with Gasteiger partial charge in [0.25, 0.3) is 0 Å². The molecule has 0 aliphatic heterocycles. The van der Waals surface area contributed by atoms with Gasteiger partial charge in [-0.1, -0.05) is 60.2 Å². The fraction of sp³-hybridized carbons (Fsp3) is 0.111. The average molecular weight is 290 g/mol. The van der Waals surface area contributed by atoms with Gasteiger partial charge in [-0.05, 0) is 12.5 Å². The predicted molar refractivity (Wildman–Crippen MR) is 90.3 cm³/mol. The summed E-state index contributed by atoms with van der Waals surface area (Å²) < 4.78 is 0. The molecule has 0 bridgehead atoms. The molecule has 2 aromatic carbocycles. The van der Waals surface area contributed by atoms with Crippen molar-refractivity contribution in [3.05, 3.63) is 71.3 Å². The number of anilines is 2. The number of aromatic nitrogens is 2. The van der Waals surface area contributed by atoms with Gasteiger partial charge >= 0.3 is 0 Å². The van der Waals surface area contributed by atoms with E-state index in [1.54, 1.807) is 0 Å². The zero-order chi connectivity index (χ0) is 15.5. The first-order valence-corrected chi connectivity index (χ1v) is 7.16. The van der Waals surface area contributed by atoms with Crippen molar-refractivity contribution in [1.29, 1.82) is 0 Å². The molecule has 0 atom stereocenters. The Balaban J connectivity index is 1.95. The van der Waals surface area contributed by atoms with E-state index < -0.39 is 0 Å². The first kappa shape index (κ1) is 14.1. The summed E-state index contributed by atoms with van der Waals surface area (Å²) >= 11 is 0. The Morgan fingerprint density at radius 2 is 1.41 bits per heavy atom. The summed E-state index contributed by atoms with van der Waals surface area (Å²) in [5, 5.41) is 0. The first-order chi connectivity index (χ1) is 10.6. The van der Waals surface area contributed by atoms with Crippen LogP contribution in [-0.4, -0.2) is 9.97 Å². The van der Waals surface area contributed by atoms with Crippen LogP contribution in [-0.2, 0) is 6.42 Å². The van der Waals surface area contributed by atoms with Crippen molar-refractivity contribution < 1.29 is 0 Å². The van der Waals surface area contributed by atoms with E-state index in [2.05, 4.69) is 41.2 Å². The van der Waals surface area contributed by atoms with E-state index in [1.165, 1.54) is 5.56 Å². The molecule has 0 spiro atoms. The molecule has 3 rings (SSSR count). The molecule has 22 heavy (non-hydrogen) atoms. The van der Waals surface area contributed by atoms with E-state index in [1.807, 2.05) is 30.3 Å². The Labute approximate surface area is 129 Å². The van der Waals surface area contributed by atoms with Crippen molar-refractivity contribution in [2.24, 2.45) is 0 Å². The Morgan fingerprint density at radius 1 is 0.818 bits per heavy atom. The quantitative estimate of drug-likeness (QED) is 0.776. The van der Waals surface area contributed by atoms with Crippen molar-refractivity contribution in [3.63, 3.8) is 0 Å². The minimum atomic E-state index is 0.437. The van der Waals surface area contributed by atoms with Crippen LogP contribution in [0.1, 0.15) is 16.7 Å². The second-order valence-corrected chi connectivity index (χ2v) is 5.32. The third-order valence-electron chi connectivity index (χ3n) is 3.60. The smallest absolute Gasteiger partial charge is 0.163 e. The third kappa shape index (κ3) is 2.91. The monoisotopic (exact) mass is 290 g/mol. The van der Waals surface area contributed by atoms with Gasteiger partial charge in [0.05, 0.1) is 0 Å². The van der Waals surface area contributed by atoms with Gasteiger partial charge in [0.2, 0.25) is 0 Å². The van der Waals surface area contributed by atoms with Crippen molar-refractivity contribution in [2.45, 2.75) is 13.3 Å². The second kappa shape index (κ2) is 5.85. The topological polar surface area (TPSA) is 77.8 Å². The highest BCUT2D eigenvalue weighted by Gasteiger charge is 2.12. The van der Waals surface area contributed by atoms with Crippen LogP contribution >= 0.6 is 0 Å². The van der Waals surface area contributed by atoms with Gasteiger partial charge in [0.15, 0.2) is 5.82 Å². The summed E-state index contributed by atoms with van der Waals surface area (Å²) in [4.78, 5) is 8.81. The van der Waals surface area contributed by atoms with E-state index in [9.17, 15) is 0 Å². The fourth-order valence-corrected chi connectivity index (χ4v) is 2.33. The SMILES string of the molecule is Cc1ccc(Cc2c(N)nc(-c3ccccc3)nc2N)cc1. The molecule has 0 aliphatic carbocycles. The van der Waals surface area contributed by atoms with E-state index in [-0.39, 0.29) is 0 Å². The lowest BCUT2D eigenvalue weighted by atomic mass is 10.0. The van der Waals surface area contributed by atoms with Crippen LogP contribution < -0.4 is 11.5 Å². The molecule has 4 N–H and O–H groups in total. The maximum absolute atomic E-state index is 6.11. The van der Waals surface area contributed by atoms with E-state index >= 15 is 0 Å². The number of rotatable bonds is 3. The van der Waals surface area contributed by atoms with E-state index in [0.717, 1.165) is 16.7 Å². The molecular formula is C18H18N4. The van der Waals surface area contributed by atoms with Gasteiger partial charge in [-0.25, -0.2) is 9.97 Å². The molecule has 4 nitrogen and oxygen atoms in total. The molecule has 0 saturated heterocycles. The van der Waals surface area contributed by atoms with Gasteiger partial charge in [-0.2, -0.15) is 0 Å². The molecule has 0 fully saturated rings. The van der Waals surface area contributed by atoms with Crippen LogP contribution in [0.25, 0.3) is 11.4 Å². The summed E-state index contributed by atoms with van der Waals surface area (Å²) in [6.45, 7) is 2.06. The van der Waals surface area contributed by atoms with Crippen LogP contribution in [0.5, 0.6) is 0 Å². The molecule has 110 valence electrons. The van der Waals surface area contributed by atoms with Gasteiger partial charge < -0.3 is 11.5 Å². The number of aryl methyl sites for hydroxylation is 1. The van der Waals surface area contributed by atoms with Gasteiger partial charge in [-0.3, -0.25) is 0 Å². The summed E-state index contributed by atoms with van der Waals surface area (Å²) in [7, 11) is 0. The lowest BCUT2D eigenvalue weighted by Gasteiger charge is -2.10. The highest BCUT2D eigenvalue weighted by atomic mass is 15.0. The summed E-state index contributed by atoms with van der Waals surface area (Å²) in [6.07, 6.45) is 0.632. The minimum Gasteiger partial charge on any atom is -0.383 e. The van der Waals surface area contributed by atoms with E-state index in [4.69, 9.17) is 11.5 Å². The molecule has 0 amide bonds. The highest BCUT2D eigenvalue weighted by molar-refractivity contribution is 5.63. The summed E-state index contributed by atoms with van der Waals surface area (Å²) in [5.74, 6) is 1.43. The largest absolute Gasteiger partial charge is 0.383 e. The Bertz CT molecular complexity index is 757. The van der Waals surface area contributed by atoms with Crippen LogP contribution in [0.4, 0.5) is 11.6 Å². The minimum absolute atomic E-state index is 0.437. The zero-order valence-electron chi connectivity index (χ0n) is 12.5. The number of nitrogen functional groups attached to an aromatic ring is 2. The predicted octanol–water partition coefficient (Wildman–Crippen LogP) is 3.21. The normalized spacial score (nSPS) is 10.6. The molecule has 0 aliphatic rings. The highest BCUT2D eigenvalue weighted by Crippen LogP contribution is 2.24. The van der Waals surface area contributed by atoms with Gasteiger partial charge in [0.1, 0.15) is 11.6 Å². The third-order valence-corrected chi connectivity index (χ3v) is 3.60. The molecule has 0 unspecified atom stereocenters. The Morgan fingerprint density at radius 3 is 2.00 bits per heavy atom. The molecule has 0 radical (unpaired) electrons. The molecule has 1 aromatic heterocycles. The summed E-state index contributed by atoms with van der Waals surface area (Å²) in [5.41, 5.74) is 16.3. The maximum atomic E-state index is 6.11. The van der Waals surface area contributed by atoms with Crippen LogP contribution in [0, 0.1) is 6.92 Å². The van der Waals surface area contributed by atoms with Crippen molar-refractivity contribution in [3.8, 4) is 11.4 Å². The molecular weight excluding hydrogens is 272 g/mol. The van der Waals surface area contributed by atoms with Crippen molar-refractivity contribution in [1.82, 2.24) is 9.97 Å². The molecule has 3 aromatic rings. The Kier molecular flexibility index (Phi) is 3.74. The molecule has 4 heteroatoms. The van der Waals surface area contributed by atoms with Crippen LogP contribution in [0.3, 0.4) is 0 Å². The van der Waals surface area contributed by atoms with Gasteiger partial charge in [0, 0.05) is 17.5 Å². The Hall–Kier alpha value is -2.88. The van der Waals surface area contributed by atoms with Crippen LogP contribution in [0.2, 0.25) is 0 Å². The number of nitrogens with zero attached hydrogens (tertiary/aromatic N) is 2. The van der Waals surface area contributed by atoms with Crippen LogP contribution in [0.15, 0.2) is 54.6 Å². The standard InChI is InChI=1S/C18H18N4/c1-12-7-9-13(10-8-12)11-15-16(19)21-18(22-17(15)20)14-5-3-2-4-6-14/h2-10H,11H2,1H3,(H4,19,20,21,22). The number of hydrogen-bond acceptors (Lipinski definition) is 4. The lowest BCUT2D eigenvalue weighted by Crippen LogP contribution is -2.08. The van der Waals surface area contributed by atoms with E-state index in [0.29, 0.717) is 23.9 Å². The molecule has 1 heterocycles. The number of benzene rings is 2. The average Bonchev–Trinajstić information content (AvgIpc) is 2.53. The van der Waals surface area contributed by atoms with Crippen molar-refractivity contribution in [2.75, 3.05) is 11.5 Å². The zero-order valence-corrected chi connectivity index (χ0v) is 12.5. The van der Waals surface area contributed by atoms with Gasteiger partial charge in [-0.15, -0.1) is 0 Å². The number of hydrogen-bond donors (Lipinski definition) is 2. The van der Waals surface area contributed by atoms with Crippen molar-refractivity contribution >= 4 is 11.6 Å². The first-order valence-electron chi connectivity index (χ1n) is 7.16. The number of nitrogens with two attached hydrogens (primary N) is 2. The summed E-state index contributed by atoms with van der Waals surface area (Å²) in [6, 6.07) is 18.0. The maximum Gasteiger partial charge on any atom is 0.163 e. The fourth-order valence-electron chi connectivity index (χ4n) is 2.33. The lowest BCUT2D eigenvalue weighted by molar-refractivity contribution is 1.10. The second-order valence-electron chi connectivity index (χ2n) is 5.32. The molecule has 0 saturated carbocycles.